The minimum atomic E-state index is -3.44. The molecule has 1 amide bonds. The molecule has 3 aromatic rings. The summed E-state index contributed by atoms with van der Waals surface area (Å²) >= 11 is 4.04. The van der Waals surface area contributed by atoms with Crippen molar-refractivity contribution in [2.24, 2.45) is 0 Å². The molecule has 3 aromatic heterocycles. The van der Waals surface area contributed by atoms with Gasteiger partial charge in [-0.25, -0.2) is 13.4 Å². The summed E-state index contributed by atoms with van der Waals surface area (Å²) in [6, 6.07) is 0. The Morgan fingerprint density at radius 1 is 1.23 bits per heavy atom. The van der Waals surface area contributed by atoms with Gasteiger partial charge in [-0.3, -0.25) is 14.3 Å². The molecule has 0 saturated heterocycles. The van der Waals surface area contributed by atoms with E-state index >= 15 is 0 Å². The lowest BCUT2D eigenvalue weighted by Gasteiger charge is -2.03. The molecular formula is C16H18N6O4S4. The highest BCUT2D eigenvalue weighted by atomic mass is 32.2. The Morgan fingerprint density at radius 2 is 2.03 bits per heavy atom. The second-order valence-electron chi connectivity index (χ2n) is 6.69. The lowest BCUT2D eigenvalue weighted by atomic mass is 10.2. The molecule has 0 radical (unpaired) electrons. The highest BCUT2D eigenvalue weighted by Crippen LogP contribution is 2.34. The number of thioether (sulfide) groups is 1. The molecule has 4 rings (SSSR count). The summed E-state index contributed by atoms with van der Waals surface area (Å²) in [4.78, 5) is 34.0. The SMILES string of the molecule is CS(=O)(=O)Nc1nnc(NC(=O)CCSCc2nc3sc4c(c3c(=O)[nH]2)CCC4)s1. The number of nitrogens with one attached hydrogen (secondary N) is 3. The van der Waals surface area contributed by atoms with Crippen LogP contribution in [0.15, 0.2) is 4.79 Å². The average Bonchev–Trinajstić information content (AvgIpc) is 3.33. The summed E-state index contributed by atoms with van der Waals surface area (Å²) in [6.45, 7) is 0. The Bertz CT molecular complexity index is 1260. The number of anilines is 2. The van der Waals surface area contributed by atoms with Gasteiger partial charge in [0.1, 0.15) is 10.7 Å². The van der Waals surface area contributed by atoms with Gasteiger partial charge >= 0.3 is 0 Å². The highest BCUT2D eigenvalue weighted by molar-refractivity contribution is 7.98. The van der Waals surface area contributed by atoms with Crippen molar-refractivity contribution in [1.82, 2.24) is 20.2 Å². The van der Waals surface area contributed by atoms with Crippen LogP contribution in [0, 0.1) is 0 Å². The first-order chi connectivity index (χ1) is 14.3. The molecule has 1 aliphatic carbocycles. The quantitative estimate of drug-likeness (QED) is 0.409. The predicted octanol–water partition coefficient (Wildman–Crippen LogP) is 1.96. The Labute approximate surface area is 184 Å². The second-order valence-corrected chi connectivity index (χ2v) is 11.6. The number of aryl methyl sites for hydroxylation is 2. The standard InChI is InChI=1S/C16H18N6O4S4/c1-30(25,26)22-16-21-20-15(29-16)19-11(23)5-6-27-7-10-17-13(24)12-8-3-2-4-9(8)28-14(12)18-10/h2-7H2,1H3,(H,21,22)(H,17,18,24)(H,19,20,23). The van der Waals surface area contributed by atoms with Crippen LogP contribution in [0.1, 0.15) is 29.1 Å². The third-order valence-electron chi connectivity index (χ3n) is 4.28. The number of carbonyl (C=O) groups excluding carboxylic acids is 1. The number of thiophene rings is 1. The molecule has 0 aliphatic heterocycles. The van der Waals surface area contributed by atoms with E-state index in [-0.39, 0.29) is 28.2 Å². The van der Waals surface area contributed by atoms with Crippen LogP contribution in [0.25, 0.3) is 10.2 Å². The molecule has 30 heavy (non-hydrogen) atoms. The van der Waals surface area contributed by atoms with Crippen molar-refractivity contribution < 1.29 is 13.2 Å². The molecule has 0 atom stereocenters. The Balaban J connectivity index is 1.27. The maximum Gasteiger partial charge on any atom is 0.259 e. The zero-order chi connectivity index (χ0) is 21.3. The van der Waals surface area contributed by atoms with Gasteiger partial charge in [0.15, 0.2) is 0 Å². The molecule has 0 fully saturated rings. The lowest BCUT2D eigenvalue weighted by Crippen LogP contribution is -2.13. The number of carbonyl (C=O) groups is 1. The number of sulfonamides is 1. The third kappa shape index (κ3) is 4.99. The maximum absolute atomic E-state index is 12.4. The molecule has 14 heteroatoms. The molecule has 3 heterocycles. The summed E-state index contributed by atoms with van der Waals surface area (Å²) in [5, 5.41) is 11.0. The maximum atomic E-state index is 12.4. The van der Waals surface area contributed by atoms with Crippen LogP contribution in [0.3, 0.4) is 0 Å². The molecule has 10 nitrogen and oxygen atoms in total. The normalized spacial score (nSPS) is 13.5. The third-order valence-corrected chi connectivity index (χ3v) is 7.88. The van der Waals surface area contributed by atoms with Gasteiger partial charge in [0.25, 0.3) is 5.56 Å². The van der Waals surface area contributed by atoms with Gasteiger partial charge in [0, 0.05) is 17.1 Å². The minimum Gasteiger partial charge on any atom is -0.309 e. The monoisotopic (exact) mass is 486 g/mol. The summed E-state index contributed by atoms with van der Waals surface area (Å²) in [5.41, 5.74) is 1.08. The van der Waals surface area contributed by atoms with E-state index in [2.05, 4.69) is 30.2 Å². The summed E-state index contributed by atoms with van der Waals surface area (Å²) in [6.07, 6.45) is 4.32. The number of aromatic amines is 1. The Hall–Kier alpha value is -2.03. The van der Waals surface area contributed by atoms with Gasteiger partial charge in [-0.05, 0) is 24.8 Å². The number of hydrogen-bond donors (Lipinski definition) is 3. The van der Waals surface area contributed by atoms with Crippen molar-refractivity contribution in [3.8, 4) is 0 Å². The molecule has 0 saturated carbocycles. The van der Waals surface area contributed by atoms with Crippen molar-refractivity contribution in [3.05, 3.63) is 26.6 Å². The number of amides is 1. The molecule has 1 aliphatic rings. The van der Waals surface area contributed by atoms with Crippen molar-refractivity contribution in [3.63, 3.8) is 0 Å². The summed E-state index contributed by atoms with van der Waals surface area (Å²) < 4.78 is 24.5. The molecule has 3 N–H and O–H groups in total. The average molecular weight is 487 g/mol. The number of H-pyrrole nitrogens is 1. The summed E-state index contributed by atoms with van der Waals surface area (Å²) in [7, 11) is -3.44. The van der Waals surface area contributed by atoms with Crippen LogP contribution in [-0.2, 0) is 33.4 Å². The van der Waals surface area contributed by atoms with E-state index in [0.29, 0.717) is 17.3 Å². The molecule has 0 unspecified atom stereocenters. The molecule has 160 valence electrons. The molecular weight excluding hydrogens is 468 g/mol. The molecule has 0 aromatic carbocycles. The largest absolute Gasteiger partial charge is 0.309 e. The van der Waals surface area contributed by atoms with E-state index in [1.807, 2.05) is 0 Å². The van der Waals surface area contributed by atoms with Crippen LogP contribution >= 0.6 is 34.4 Å². The van der Waals surface area contributed by atoms with Crippen LogP contribution in [-0.4, -0.2) is 46.5 Å². The zero-order valence-corrected chi connectivity index (χ0v) is 19.1. The number of fused-ring (bicyclic) bond motifs is 3. The van der Waals surface area contributed by atoms with E-state index in [1.165, 1.54) is 16.6 Å². The van der Waals surface area contributed by atoms with Crippen molar-refractivity contribution >= 4 is 70.8 Å². The number of rotatable bonds is 8. The predicted molar refractivity (Wildman–Crippen MR) is 120 cm³/mol. The number of hydrogen-bond acceptors (Lipinski definition) is 10. The van der Waals surface area contributed by atoms with Crippen LogP contribution < -0.4 is 15.6 Å². The first-order valence-electron chi connectivity index (χ1n) is 9.01. The van der Waals surface area contributed by atoms with Gasteiger partial charge in [0.05, 0.1) is 17.4 Å². The van der Waals surface area contributed by atoms with Gasteiger partial charge in [0.2, 0.25) is 26.2 Å². The van der Waals surface area contributed by atoms with E-state index in [1.54, 1.807) is 11.3 Å². The summed E-state index contributed by atoms with van der Waals surface area (Å²) in [5.74, 6) is 1.39. The highest BCUT2D eigenvalue weighted by Gasteiger charge is 2.21. The fraction of sp³-hybridized carbons (Fsp3) is 0.438. The van der Waals surface area contributed by atoms with E-state index in [4.69, 9.17) is 0 Å². The topological polar surface area (TPSA) is 147 Å². The Kier molecular flexibility index (Phi) is 6.09. The second kappa shape index (κ2) is 8.61. The van der Waals surface area contributed by atoms with Crippen molar-refractivity contribution in [1.29, 1.82) is 0 Å². The van der Waals surface area contributed by atoms with Gasteiger partial charge in [-0.1, -0.05) is 11.3 Å². The van der Waals surface area contributed by atoms with Crippen molar-refractivity contribution in [2.45, 2.75) is 31.4 Å². The number of aromatic nitrogens is 4. The van der Waals surface area contributed by atoms with Crippen LogP contribution in [0.5, 0.6) is 0 Å². The van der Waals surface area contributed by atoms with Crippen molar-refractivity contribution in [2.75, 3.05) is 22.0 Å². The minimum absolute atomic E-state index is 0.0810. The van der Waals surface area contributed by atoms with Crippen LogP contribution in [0.2, 0.25) is 0 Å². The van der Waals surface area contributed by atoms with E-state index in [0.717, 1.165) is 52.6 Å². The van der Waals surface area contributed by atoms with E-state index < -0.39 is 10.0 Å². The zero-order valence-electron chi connectivity index (χ0n) is 15.9. The number of nitrogens with zero attached hydrogens (tertiary/aromatic N) is 3. The van der Waals surface area contributed by atoms with Gasteiger partial charge in [-0.2, -0.15) is 11.8 Å². The molecule has 0 spiro atoms. The van der Waals surface area contributed by atoms with Gasteiger partial charge < -0.3 is 10.3 Å². The first kappa shape index (κ1) is 21.2. The molecule has 0 bridgehead atoms. The fourth-order valence-electron chi connectivity index (χ4n) is 3.10. The fourth-order valence-corrected chi connectivity index (χ4v) is 6.68. The van der Waals surface area contributed by atoms with Crippen LogP contribution in [0.4, 0.5) is 10.3 Å². The first-order valence-corrected chi connectivity index (χ1v) is 13.7. The lowest BCUT2D eigenvalue weighted by molar-refractivity contribution is -0.115. The smallest absolute Gasteiger partial charge is 0.259 e. The Morgan fingerprint density at radius 3 is 2.83 bits per heavy atom. The van der Waals surface area contributed by atoms with E-state index in [9.17, 15) is 18.0 Å². The van der Waals surface area contributed by atoms with Gasteiger partial charge in [-0.15, -0.1) is 21.5 Å².